The predicted octanol–water partition coefficient (Wildman–Crippen LogP) is 5.01. The summed E-state index contributed by atoms with van der Waals surface area (Å²) in [5.41, 5.74) is 6.56. The topological polar surface area (TPSA) is 109 Å². The number of hydrogen-bond acceptors (Lipinski definition) is 4. The molecule has 2 aromatic heterocycles. The molecule has 7 nitrogen and oxygen atoms in total. The third kappa shape index (κ3) is 4.10. The number of alkyl halides is 3. The van der Waals surface area contributed by atoms with Crippen molar-refractivity contribution in [3.63, 3.8) is 0 Å². The van der Waals surface area contributed by atoms with Crippen LogP contribution in [0.4, 0.5) is 39.5 Å². The Bertz CT molecular complexity index is 1270. The molecule has 4 rings (SSSR count). The molecule has 0 aliphatic heterocycles. The second kappa shape index (κ2) is 7.59. The maximum Gasteiger partial charge on any atom is 0.416 e. The number of nitrogens with zero attached hydrogens (tertiary/aromatic N) is 2. The Morgan fingerprint density at radius 1 is 1.03 bits per heavy atom. The average molecular weight is 430 g/mol. The highest BCUT2D eigenvalue weighted by molar-refractivity contribution is 6.01. The van der Waals surface area contributed by atoms with Crippen molar-refractivity contribution in [1.82, 2.24) is 15.2 Å². The molecule has 4 aromatic rings. The molecule has 2 heterocycles. The number of urea groups is 1. The fourth-order valence-electron chi connectivity index (χ4n) is 3.00. The van der Waals surface area contributed by atoms with Crippen molar-refractivity contribution in [3.8, 4) is 11.3 Å². The molecule has 0 saturated carbocycles. The first-order valence-corrected chi connectivity index (χ1v) is 8.86. The van der Waals surface area contributed by atoms with Crippen LogP contribution in [0.1, 0.15) is 5.56 Å². The lowest BCUT2D eigenvalue weighted by atomic mass is 10.1. The van der Waals surface area contributed by atoms with Crippen molar-refractivity contribution in [2.24, 2.45) is 0 Å². The Balaban J connectivity index is 1.51. The summed E-state index contributed by atoms with van der Waals surface area (Å²) in [6, 6.07) is 9.08. The van der Waals surface area contributed by atoms with E-state index in [-0.39, 0.29) is 0 Å². The fraction of sp³-hybridized carbons (Fsp3) is 0.0500. The van der Waals surface area contributed by atoms with Gasteiger partial charge in [-0.05, 0) is 36.4 Å². The lowest BCUT2D eigenvalue weighted by Crippen LogP contribution is -2.20. The normalized spacial score (nSPS) is 11.5. The SMILES string of the molecule is Nc1n[nH]c2ccnc(-c3ccc(NC(=O)Nc4cc(C(F)(F)F)ccc4F)cc3)c12. The van der Waals surface area contributed by atoms with Gasteiger partial charge in [0.25, 0.3) is 0 Å². The first-order chi connectivity index (χ1) is 14.7. The molecule has 0 spiro atoms. The van der Waals surface area contributed by atoms with Crippen LogP contribution in [0.5, 0.6) is 0 Å². The standard InChI is InChI=1S/C20H14F4N6O/c21-13-6-3-11(20(22,23)24)9-15(13)28-19(31)27-12-4-1-10(2-5-12)17-16-14(7-8-26-17)29-30-18(16)25/h1-9H,(H3,25,29,30)(H2,27,28,31). The van der Waals surface area contributed by atoms with Crippen LogP contribution in [0, 0.1) is 5.82 Å². The highest BCUT2D eigenvalue weighted by Crippen LogP contribution is 2.32. The van der Waals surface area contributed by atoms with Crippen molar-refractivity contribution in [3.05, 3.63) is 66.1 Å². The quantitative estimate of drug-likeness (QED) is 0.343. The second-order valence-corrected chi connectivity index (χ2v) is 6.54. The number of halogens is 4. The third-order valence-electron chi connectivity index (χ3n) is 4.46. The number of rotatable bonds is 3. The molecule has 0 radical (unpaired) electrons. The molecule has 0 aliphatic rings. The number of nitrogens with two attached hydrogens (primary N) is 1. The van der Waals surface area contributed by atoms with Gasteiger partial charge in [0.05, 0.1) is 27.8 Å². The first kappa shape index (κ1) is 20.1. The molecule has 0 fully saturated rings. The van der Waals surface area contributed by atoms with E-state index in [9.17, 15) is 22.4 Å². The molecule has 2 aromatic carbocycles. The molecule has 2 amide bonds. The number of carbonyl (C=O) groups is 1. The van der Waals surface area contributed by atoms with E-state index in [1.54, 1.807) is 36.5 Å². The summed E-state index contributed by atoms with van der Waals surface area (Å²) in [6.07, 6.45) is -3.07. The van der Waals surface area contributed by atoms with Gasteiger partial charge in [0.15, 0.2) is 5.82 Å². The minimum Gasteiger partial charge on any atom is -0.382 e. The molecular formula is C20H14F4N6O. The van der Waals surface area contributed by atoms with Crippen LogP contribution in [-0.4, -0.2) is 21.2 Å². The van der Waals surface area contributed by atoms with Crippen LogP contribution in [0.15, 0.2) is 54.7 Å². The largest absolute Gasteiger partial charge is 0.416 e. The number of aromatic amines is 1. The highest BCUT2D eigenvalue weighted by Gasteiger charge is 2.31. The van der Waals surface area contributed by atoms with E-state index >= 15 is 0 Å². The van der Waals surface area contributed by atoms with Gasteiger partial charge in [-0.3, -0.25) is 10.1 Å². The number of amides is 2. The third-order valence-corrected chi connectivity index (χ3v) is 4.46. The second-order valence-electron chi connectivity index (χ2n) is 6.54. The summed E-state index contributed by atoms with van der Waals surface area (Å²) >= 11 is 0. The number of hydrogen-bond donors (Lipinski definition) is 4. The van der Waals surface area contributed by atoms with E-state index in [4.69, 9.17) is 5.73 Å². The highest BCUT2D eigenvalue weighted by atomic mass is 19.4. The number of nitrogens with one attached hydrogen (secondary N) is 3. The number of anilines is 3. The van der Waals surface area contributed by atoms with Crippen molar-refractivity contribution >= 4 is 34.1 Å². The van der Waals surface area contributed by atoms with Gasteiger partial charge in [0, 0.05) is 17.4 Å². The maximum absolute atomic E-state index is 13.8. The van der Waals surface area contributed by atoms with Crippen molar-refractivity contribution < 1.29 is 22.4 Å². The zero-order valence-corrected chi connectivity index (χ0v) is 15.6. The van der Waals surface area contributed by atoms with Crippen LogP contribution >= 0.6 is 0 Å². The van der Waals surface area contributed by atoms with E-state index in [1.807, 2.05) is 0 Å². The molecule has 0 atom stereocenters. The maximum atomic E-state index is 13.8. The van der Waals surface area contributed by atoms with E-state index < -0.39 is 29.3 Å². The molecule has 11 heteroatoms. The Labute approximate surface area is 172 Å². The minimum absolute atomic E-state index is 0.294. The molecule has 0 bridgehead atoms. The molecular weight excluding hydrogens is 416 g/mol. The van der Waals surface area contributed by atoms with E-state index in [0.29, 0.717) is 51.9 Å². The van der Waals surface area contributed by atoms with E-state index in [1.165, 1.54) is 0 Å². The van der Waals surface area contributed by atoms with Gasteiger partial charge in [-0.15, -0.1) is 0 Å². The summed E-state index contributed by atoms with van der Waals surface area (Å²) in [4.78, 5) is 16.4. The zero-order chi connectivity index (χ0) is 22.2. The summed E-state index contributed by atoms with van der Waals surface area (Å²) < 4.78 is 52.2. The number of pyridine rings is 1. The van der Waals surface area contributed by atoms with E-state index in [0.717, 1.165) is 0 Å². The predicted molar refractivity (Wildman–Crippen MR) is 108 cm³/mol. The van der Waals surface area contributed by atoms with Gasteiger partial charge in [-0.2, -0.15) is 18.3 Å². The fourth-order valence-corrected chi connectivity index (χ4v) is 3.00. The Hall–Kier alpha value is -4.15. The summed E-state index contributed by atoms with van der Waals surface area (Å²) in [6.45, 7) is 0. The van der Waals surface area contributed by atoms with Gasteiger partial charge in [0.2, 0.25) is 0 Å². The Morgan fingerprint density at radius 3 is 2.48 bits per heavy atom. The van der Waals surface area contributed by atoms with Crippen LogP contribution in [-0.2, 0) is 6.18 Å². The van der Waals surface area contributed by atoms with Gasteiger partial charge in [-0.1, -0.05) is 12.1 Å². The lowest BCUT2D eigenvalue weighted by molar-refractivity contribution is -0.137. The minimum atomic E-state index is -4.66. The lowest BCUT2D eigenvalue weighted by Gasteiger charge is -2.12. The van der Waals surface area contributed by atoms with Crippen LogP contribution in [0.2, 0.25) is 0 Å². The number of benzene rings is 2. The molecule has 31 heavy (non-hydrogen) atoms. The number of H-pyrrole nitrogens is 1. The molecule has 158 valence electrons. The van der Waals surface area contributed by atoms with Crippen LogP contribution in [0.25, 0.3) is 22.2 Å². The van der Waals surface area contributed by atoms with Crippen molar-refractivity contribution in [1.29, 1.82) is 0 Å². The van der Waals surface area contributed by atoms with Gasteiger partial charge < -0.3 is 16.4 Å². The smallest absolute Gasteiger partial charge is 0.382 e. The molecule has 5 N–H and O–H groups in total. The van der Waals surface area contributed by atoms with Gasteiger partial charge in [-0.25, -0.2) is 9.18 Å². The number of carbonyl (C=O) groups excluding carboxylic acids is 1. The summed E-state index contributed by atoms with van der Waals surface area (Å²) in [7, 11) is 0. The average Bonchev–Trinajstić information content (AvgIpc) is 3.10. The summed E-state index contributed by atoms with van der Waals surface area (Å²) in [5.74, 6) is -0.696. The monoisotopic (exact) mass is 430 g/mol. The van der Waals surface area contributed by atoms with Crippen molar-refractivity contribution in [2.45, 2.75) is 6.18 Å². The van der Waals surface area contributed by atoms with Crippen LogP contribution in [0.3, 0.4) is 0 Å². The Morgan fingerprint density at radius 2 is 1.77 bits per heavy atom. The first-order valence-electron chi connectivity index (χ1n) is 8.86. The summed E-state index contributed by atoms with van der Waals surface area (Å²) in [5, 5.41) is 11.9. The van der Waals surface area contributed by atoms with Gasteiger partial charge in [0.1, 0.15) is 5.82 Å². The van der Waals surface area contributed by atoms with Gasteiger partial charge >= 0.3 is 12.2 Å². The van der Waals surface area contributed by atoms with Crippen LogP contribution < -0.4 is 16.4 Å². The Kier molecular flexibility index (Phi) is 4.93. The zero-order valence-electron chi connectivity index (χ0n) is 15.6. The number of nitrogen functional groups attached to an aromatic ring is 1. The molecule has 0 saturated heterocycles. The van der Waals surface area contributed by atoms with Crippen molar-refractivity contribution in [2.75, 3.05) is 16.4 Å². The number of fused-ring (bicyclic) bond motifs is 1. The van der Waals surface area contributed by atoms with E-state index in [2.05, 4.69) is 25.8 Å². The number of aromatic nitrogens is 3. The molecule has 0 unspecified atom stereocenters. The molecule has 0 aliphatic carbocycles.